The van der Waals surface area contributed by atoms with Gasteiger partial charge in [0.25, 0.3) is 5.56 Å². The summed E-state index contributed by atoms with van der Waals surface area (Å²) in [5.74, 6) is 0.512. The van der Waals surface area contributed by atoms with Crippen LogP contribution < -0.4 is 11.2 Å². The first kappa shape index (κ1) is 18.0. The number of hydrogen-bond acceptors (Lipinski definition) is 4. The molecular formula is C22H19N5O3. The Hall–Kier alpha value is -4.07. The summed E-state index contributed by atoms with van der Waals surface area (Å²) in [6.45, 7) is 2.01. The van der Waals surface area contributed by atoms with Gasteiger partial charge in [-0.05, 0) is 19.1 Å². The summed E-state index contributed by atoms with van der Waals surface area (Å²) < 4.78 is 5.90. The van der Waals surface area contributed by atoms with Gasteiger partial charge in [-0.2, -0.15) is 4.98 Å². The SMILES string of the molecule is Cc1ccc(-c2cn3c4c(=O)n(C)c(=O)n(C)c4nc3n2-c2ccccc2O)cc1. The highest BCUT2D eigenvalue weighted by Gasteiger charge is 2.22. The molecule has 0 saturated heterocycles. The van der Waals surface area contributed by atoms with E-state index in [1.807, 2.05) is 43.5 Å². The van der Waals surface area contributed by atoms with Crippen LogP contribution in [0.25, 0.3) is 33.9 Å². The van der Waals surface area contributed by atoms with Crippen LogP contribution >= 0.6 is 0 Å². The highest BCUT2D eigenvalue weighted by atomic mass is 16.3. The molecule has 0 amide bonds. The van der Waals surface area contributed by atoms with Gasteiger partial charge in [0.15, 0.2) is 11.2 Å². The van der Waals surface area contributed by atoms with Gasteiger partial charge < -0.3 is 5.11 Å². The molecule has 5 aromatic rings. The van der Waals surface area contributed by atoms with Crippen molar-refractivity contribution in [3.8, 4) is 22.7 Å². The predicted octanol–water partition coefficient (Wildman–Crippen LogP) is 2.36. The zero-order chi connectivity index (χ0) is 21.2. The Balaban J connectivity index is 1.99. The van der Waals surface area contributed by atoms with Crippen molar-refractivity contribution in [3.05, 3.63) is 81.1 Å². The summed E-state index contributed by atoms with van der Waals surface area (Å²) in [6.07, 6.45) is 1.81. The maximum atomic E-state index is 12.9. The monoisotopic (exact) mass is 401 g/mol. The second-order valence-corrected chi connectivity index (χ2v) is 7.36. The van der Waals surface area contributed by atoms with Crippen molar-refractivity contribution in [2.24, 2.45) is 14.1 Å². The Bertz CT molecular complexity index is 1570. The number of rotatable bonds is 2. The maximum Gasteiger partial charge on any atom is 0.332 e. The molecule has 150 valence electrons. The number of benzene rings is 2. The van der Waals surface area contributed by atoms with Gasteiger partial charge in [-0.15, -0.1) is 0 Å². The van der Waals surface area contributed by atoms with Crippen molar-refractivity contribution in [1.29, 1.82) is 0 Å². The van der Waals surface area contributed by atoms with Crippen LogP contribution in [0.1, 0.15) is 5.56 Å². The third-order valence-electron chi connectivity index (χ3n) is 5.44. The number of fused-ring (bicyclic) bond motifs is 3. The zero-order valence-electron chi connectivity index (χ0n) is 16.7. The van der Waals surface area contributed by atoms with Crippen molar-refractivity contribution in [2.75, 3.05) is 0 Å². The topological polar surface area (TPSA) is 86.5 Å². The normalized spacial score (nSPS) is 11.6. The number of phenolic OH excluding ortho intramolecular Hbond substituents is 1. The second kappa shape index (κ2) is 6.21. The lowest BCUT2D eigenvalue weighted by Crippen LogP contribution is -2.37. The van der Waals surface area contributed by atoms with E-state index >= 15 is 0 Å². The number of aromatic nitrogens is 5. The Morgan fingerprint density at radius 2 is 1.63 bits per heavy atom. The lowest BCUT2D eigenvalue weighted by molar-refractivity contribution is 0.473. The van der Waals surface area contributed by atoms with Crippen LogP contribution in [-0.4, -0.2) is 28.2 Å². The largest absolute Gasteiger partial charge is 0.506 e. The molecule has 0 fully saturated rings. The average Bonchev–Trinajstić information content (AvgIpc) is 3.28. The molecule has 0 radical (unpaired) electrons. The highest BCUT2D eigenvalue weighted by molar-refractivity contribution is 5.80. The molecular weight excluding hydrogens is 382 g/mol. The molecule has 0 atom stereocenters. The molecule has 0 bridgehead atoms. The van der Waals surface area contributed by atoms with Gasteiger partial charge in [-0.25, -0.2) is 4.79 Å². The van der Waals surface area contributed by atoms with E-state index in [2.05, 4.69) is 4.98 Å². The number of aryl methyl sites for hydroxylation is 2. The Kier molecular flexibility index (Phi) is 3.73. The number of hydrogen-bond donors (Lipinski definition) is 1. The summed E-state index contributed by atoms with van der Waals surface area (Å²) in [4.78, 5) is 29.9. The van der Waals surface area contributed by atoms with E-state index in [9.17, 15) is 14.7 Å². The fourth-order valence-electron chi connectivity index (χ4n) is 3.79. The molecule has 8 heteroatoms. The lowest BCUT2D eigenvalue weighted by Gasteiger charge is -2.11. The minimum absolute atomic E-state index is 0.0813. The van der Waals surface area contributed by atoms with Gasteiger partial charge in [0.1, 0.15) is 5.75 Å². The summed E-state index contributed by atoms with van der Waals surface area (Å²) in [5, 5.41) is 10.6. The molecule has 1 N–H and O–H groups in total. The molecule has 0 saturated carbocycles. The third kappa shape index (κ3) is 2.37. The van der Waals surface area contributed by atoms with Crippen molar-refractivity contribution in [3.63, 3.8) is 0 Å². The average molecular weight is 401 g/mol. The molecule has 0 aliphatic rings. The van der Waals surface area contributed by atoms with Crippen LogP contribution in [0.2, 0.25) is 0 Å². The van der Waals surface area contributed by atoms with Gasteiger partial charge in [0.05, 0.1) is 11.4 Å². The molecule has 0 aliphatic heterocycles. The summed E-state index contributed by atoms with van der Waals surface area (Å²) in [7, 11) is 3.03. The fourth-order valence-corrected chi connectivity index (χ4v) is 3.79. The van der Waals surface area contributed by atoms with Crippen LogP contribution in [0.15, 0.2) is 64.3 Å². The van der Waals surface area contributed by atoms with E-state index in [-0.39, 0.29) is 11.4 Å². The minimum atomic E-state index is -0.443. The quantitative estimate of drug-likeness (QED) is 0.492. The molecule has 0 spiro atoms. The van der Waals surface area contributed by atoms with Crippen LogP contribution in [0.5, 0.6) is 5.75 Å². The summed E-state index contributed by atoms with van der Waals surface area (Å²) in [6, 6.07) is 14.9. The van der Waals surface area contributed by atoms with Gasteiger partial charge >= 0.3 is 5.69 Å². The Morgan fingerprint density at radius 3 is 2.33 bits per heavy atom. The van der Waals surface area contributed by atoms with Crippen molar-refractivity contribution in [2.45, 2.75) is 6.92 Å². The van der Waals surface area contributed by atoms with Crippen LogP contribution in [0.4, 0.5) is 0 Å². The number of para-hydroxylation sites is 2. The number of imidazole rings is 2. The zero-order valence-corrected chi connectivity index (χ0v) is 16.7. The molecule has 8 nitrogen and oxygen atoms in total. The van der Waals surface area contributed by atoms with Gasteiger partial charge in [0.2, 0.25) is 5.78 Å². The highest BCUT2D eigenvalue weighted by Crippen LogP contribution is 2.32. The third-order valence-corrected chi connectivity index (χ3v) is 5.44. The molecule has 3 aromatic heterocycles. The van der Waals surface area contributed by atoms with Gasteiger partial charge in [0, 0.05) is 25.9 Å². The van der Waals surface area contributed by atoms with E-state index in [0.29, 0.717) is 17.0 Å². The first-order valence-electron chi connectivity index (χ1n) is 9.43. The standard InChI is InChI=1S/C22H19N5O3/c1-13-8-10-14(11-9-13)16-12-26-18-19(24(2)22(30)25(3)20(18)29)23-21(26)27(16)15-6-4-5-7-17(15)28/h4-12,28H,1-3H3. The van der Waals surface area contributed by atoms with Gasteiger partial charge in [-0.3, -0.25) is 22.9 Å². The van der Waals surface area contributed by atoms with Crippen molar-refractivity contribution in [1.82, 2.24) is 23.1 Å². The van der Waals surface area contributed by atoms with E-state index in [4.69, 9.17) is 0 Å². The smallest absolute Gasteiger partial charge is 0.332 e. The first-order chi connectivity index (χ1) is 14.4. The van der Waals surface area contributed by atoms with Crippen LogP contribution in [-0.2, 0) is 14.1 Å². The number of phenols is 1. The first-order valence-corrected chi connectivity index (χ1v) is 9.43. The Labute approximate surface area is 170 Å². The van der Waals surface area contributed by atoms with Crippen LogP contribution in [0, 0.1) is 6.92 Å². The predicted molar refractivity (Wildman–Crippen MR) is 114 cm³/mol. The second-order valence-electron chi connectivity index (χ2n) is 7.36. The summed E-state index contributed by atoms with van der Waals surface area (Å²) in [5.41, 5.74) is 3.04. The minimum Gasteiger partial charge on any atom is -0.506 e. The maximum absolute atomic E-state index is 12.9. The van der Waals surface area contributed by atoms with Crippen LogP contribution in [0.3, 0.4) is 0 Å². The molecule has 2 aromatic carbocycles. The molecule has 0 unspecified atom stereocenters. The molecule has 30 heavy (non-hydrogen) atoms. The lowest BCUT2D eigenvalue weighted by atomic mass is 10.1. The summed E-state index contributed by atoms with van der Waals surface area (Å²) >= 11 is 0. The van der Waals surface area contributed by atoms with Gasteiger partial charge in [-0.1, -0.05) is 42.0 Å². The van der Waals surface area contributed by atoms with E-state index in [1.165, 1.54) is 11.6 Å². The molecule has 0 aliphatic carbocycles. The molecule has 3 heterocycles. The Morgan fingerprint density at radius 1 is 0.933 bits per heavy atom. The van der Waals surface area contributed by atoms with E-state index in [0.717, 1.165) is 21.4 Å². The van der Waals surface area contributed by atoms with E-state index < -0.39 is 11.2 Å². The molecule has 5 rings (SSSR count). The number of aromatic hydroxyl groups is 1. The van der Waals surface area contributed by atoms with Crippen molar-refractivity contribution >= 4 is 16.9 Å². The van der Waals surface area contributed by atoms with E-state index in [1.54, 1.807) is 34.2 Å². The number of nitrogens with zero attached hydrogens (tertiary/aromatic N) is 5. The van der Waals surface area contributed by atoms with Crippen molar-refractivity contribution < 1.29 is 5.11 Å². The fraction of sp³-hybridized carbons (Fsp3) is 0.136.